The van der Waals surface area contributed by atoms with Crippen molar-refractivity contribution in [3.8, 4) is 17.1 Å². The molecule has 0 spiro atoms. The number of thiophene rings is 1. The quantitative estimate of drug-likeness (QED) is 0.551. The van der Waals surface area contributed by atoms with E-state index in [0.29, 0.717) is 30.9 Å². The maximum Gasteiger partial charge on any atom is 0.433 e. The number of aromatic nitrogens is 3. The fraction of sp³-hybridized carbons (Fsp3) is 0.458. The van der Waals surface area contributed by atoms with Crippen molar-refractivity contribution in [1.29, 1.82) is 0 Å². The van der Waals surface area contributed by atoms with Crippen molar-refractivity contribution >= 4 is 17.2 Å². The first kappa shape index (κ1) is 21.8. The van der Waals surface area contributed by atoms with E-state index >= 15 is 0 Å². The third-order valence-electron chi connectivity index (χ3n) is 6.90. The highest BCUT2D eigenvalue weighted by Gasteiger charge is 2.36. The number of hydrogen-bond acceptors (Lipinski definition) is 5. The fourth-order valence-electron chi connectivity index (χ4n) is 4.93. The smallest absolute Gasteiger partial charge is 0.335 e. The summed E-state index contributed by atoms with van der Waals surface area (Å²) in [5, 5.41) is 6.57. The molecule has 4 heterocycles. The van der Waals surface area contributed by atoms with Crippen LogP contribution >= 0.6 is 11.3 Å². The summed E-state index contributed by atoms with van der Waals surface area (Å²) in [7, 11) is 0. The molecule has 1 aliphatic heterocycles. The predicted octanol–water partition coefficient (Wildman–Crippen LogP) is 4.28. The van der Waals surface area contributed by atoms with Crippen LogP contribution in [0.25, 0.3) is 17.1 Å². The lowest BCUT2D eigenvalue weighted by atomic mass is 9.94. The molecule has 3 aromatic heterocycles. The van der Waals surface area contributed by atoms with Crippen LogP contribution < -0.4 is 0 Å². The normalized spacial score (nSPS) is 18.6. The molecule has 34 heavy (non-hydrogen) atoms. The summed E-state index contributed by atoms with van der Waals surface area (Å²) in [6.07, 6.45) is -0.537. The number of rotatable bonds is 4. The number of fused-ring (bicyclic) bond motifs is 3. The van der Waals surface area contributed by atoms with Crippen molar-refractivity contribution in [3.63, 3.8) is 0 Å². The van der Waals surface area contributed by atoms with Crippen LogP contribution in [-0.2, 0) is 19.0 Å². The van der Waals surface area contributed by atoms with E-state index in [0.717, 1.165) is 54.0 Å². The highest BCUT2D eigenvalue weighted by Crippen LogP contribution is 2.40. The standard InChI is InChI=1S/C24H24F3N5OS/c25-24(26,27)19-2-1-3-20(28-19)32-22-16-8-13-34-18(16)7-6-17(22)21(29-32)23(33)31-11-9-30(10-12-31)14-15-4-5-15/h1-3,8,13,15H,4-7,9-12,14H2. The van der Waals surface area contributed by atoms with Crippen molar-refractivity contribution in [2.24, 2.45) is 5.92 Å². The van der Waals surface area contributed by atoms with Gasteiger partial charge >= 0.3 is 6.18 Å². The Bertz CT molecular complexity index is 1240. The monoisotopic (exact) mass is 487 g/mol. The number of nitrogens with zero attached hydrogens (tertiary/aromatic N) is 5. The van der Waals surface area contributed by atoms with Crippen molar-refractivity contribution in [2.75, 3.05) is 32.7 Å². The topological polar surface area (TPSA) is 54.3 Å². The second-order valence-electron chi connectivity index (χ2n) is 9.26. The van der Waals surface area contributed by atoms with Crippen LogP contribution in [0, 0.1) is 5.92 Å². The molecular weight excluding hydrogens is 463 g/mol. The predicted molar refractivity (Wildman–Crippen MR) is 122 cm³/mol. The van der Waals surface area contributed by atoms with Crippen LogP contribution in [-0.4, -0.2) is 63.2 Å². The minimum absolute atomic E-state index is 0.0680. The molecule has 10 heteroatoms. The first-order chi connectivity index (χ1) is 16.4. The van der Waals surface area contributed by atoms with Crippen LogP contribution in [0.2, 0.25) is 0 Å². The maximum atomic E-state index is 13.6. The number of piperazine rings is 1. The molecule has 1 amide bonds. The summed E-state index contributed by atoms with van der Waals surface area (Å²) in [4.78, 5) is 22.8. The molecule has 0 aromatic carbocycles. The first-order valence-electron chi connectivity index (χ1n) is 11.6. The molecule has 0 radical (unpaired) electrons. The number of hydrogen-bond donors (Lipinski definition) is 0. The van der Waals surface area contributed by atoms with Gasteiger partial charge in [-0.05, 0) is 55.2 Å². The zero-order valence-corrected chi connectivity index (χ0v) is 19.3. The second-order valence-corrected chi connectivity index (χ2v) is 10.3. The summed E-state index contributed by atoms with van der Waals surface area (Å²) in [6.45, 7) is 4.07. The van der Waals surface area contributed by atoms with Gasteiger partial charge in [-0.25, -0.2) is 9.67 Å². The Hall–Kier alpha value is -2.72. The Morgan fingerprint density at radius 1 is 1.09 bits per heavy atom. The molecule has 3 aromatic rings. The molecule has 0 atom stereocenters. The van der Waals surface area contributed by atoms with Crippen molar-refractivity contribution in [2.45, 2.75) is 31.9 Å². The molecule has 6 rings (SSSR count). The lowest BCUT2D eigenvalue weighted by Crippen LogP contribution is -2.49. The highest BCUT2D eigenvalue weighted by molar-refractivity contribution is 7.10. The molecule has 2 aliphatic carbocycles. The number of carbonyl (C=O) groups is 1. The Morgan fingerprint density at radius 2 is 1.88 bits per heavy atom. The fourth-order valence-corrected chi connectivity index (χ4v) is 5.81. The summed E-state index contributed by atoms with van der Waals surface area (Å²) in [5.41, 5.74) is 1.77. The van der Waals surface area contributed by atoms with Gasteiger partial charge < -0.3 is 4.90 Å². The molecular formula is C24H24F3N5OS. The largest absolute Gasteiger partial charge is 0.433 e. The van der Waals surface area contributed by atoms with E-state index in [4.69, 9.17) is 0 Å². The van der Waals surface area contributed by atoms with Gasteiger partial charge in [0.25, 0.3) is 5.91 Å². The Kier molecular flexibility index (Phi) is 5.25. The van der Waals surface area contributed by atoms with Gasteiger partial charge in [-0.2, -0.15) is 18.3 Å². The summed E-state index contributed by atoms with van der Waals surface area (Å²) in [5.74, 6) is 0.731. The Balaban J connectivity index is 1.36. The molecule has 0 unspecified atom stereocenters. The van der Waals surface area contributed by atoms with Gasteiger partial charge in [0.2, 0.25) is 0 Å². The summed E-state index contributed by atoms with van der Waals surface area (Å²) >= 11 is 1.61. The average Bonchev–Trinajstić information content (AvgIpc) is 3.36. The number of alkyl halides is 3. The molecule has 0 N–H and O–H groups in total. The Labute approximate surface area is 199 Å². The van der Waals surface area contributed by atoms with Gasteiger partial charge in [0, 0.05) is 48.7 Å². The average molecular weight is 488 g/mol. The number of halogens is 3. The van der Waals surface area contributed by atoms with Crippen LogP contribution in [0.15, 0.2) is 29.6 Å². The van der Waals surface area contributed by atoms with E-state index < -0.39 is 11.9 Å². The maximum absolute atomic E-state index is 13.6. The number of aryl methyl sites for hydroxylation is 1. The summed E-state index contributed by atoms with van der Waals surface area (Å²) in [6, 6.07) is 5.74. The highest BCUT2D eigenvalue weighted by atomic mass is 32.1. The van der Waals surface area contributed by atoms with E-state index in [9.17, 15) is 18.0 Å². The van der Waals surface area contributed by atoms with Crippen LogP contribution in [0.5, 0.6) is 0 Å². The van der Waals surface area contributed by atoms with Gasteiger partial charge in [-0.1, -0.05) is 6.07 Å². The number of carbonyl (C=O) groups excluding carboxylic acids is 1. The van der Waals surface area contributed by atoms with Crippen LogP contribution in [0.4, 0.5) is 13.2 Å². The van der Waals surface area contributed by atoms with E-state index in [1.54, 1.807) is 11.3 Å². The van der Waals surface area contributed by atoms with Gasteiger partial charge in [-0.15, -0.1) is 11.3 Å². The van der Waals surface area contributed by atoms with E-state index in [-0.39, 0.29) is 11.7 Å². The van der Waals surface area contributed by atoms with Crippen LogP contribution in [0.1, 0.15) is 39.5 Å². The van der Waals surface area contributed by atoms with Crippen molar-refractivity contribution in [1.82, 2.24) is 24.6 Å². The third-order valence-corrected chi connectivity index (χ3v) is 7.88. The second kappa shape index (κ2) is 8.20. The minimum atomic E-state index is -4.56. The van der Waals surface area contributed by atoms with E-state index in [1.165, 1.54) is 29.7 Å². The number of amides is 1. The third kappa shape index (κ3) is 3.92. The summed E-state index contributed by atoms with van der Waals surface area (Å²) < 4.78 is 41.5. The molecule has 3 aliphatic rings. The molecule has 6 nitrogen and oxygen atoms in total. The van der Waals surface area contributed by atoms with Gasteiger partial charge in [-0.3, -0.25) is 9.69 Å². The van der Waals surface area contributed by atoms with E-state index in [1.807, 2.05) is 16.3 Å². The molecule has 2 fully saturated rings. The molecule has 1 saturated carbocycles. The molecule has 178 valence electrons. The molecule has 1 saturated heterocycles. The van der Waals surface area contributed by atoms with Gasteiger partial charge in [0.1, 0.15) is 5.69 Å². The Morgan fingerprint density at radius 3 is 2.62 bits per heavy atom. The SMILES string of the molecule is O=C(c1nn(-c2cccc(C(F)(F)F)n2)c2c1CCc1sccc1-2)N1CCN(CC2CC2)CC1. The van der Waals surface area contributed by atoms with Crippen molar-refractivity contribution in [3.05, 3.63) is 51.5 Å². The van der Waals surface area contributed by atoms with E-state index in [2.05, 4.69) is 15.0 Å². The number of pyridine rings is 1. The zero-order valence-electron chi connectivity index (χ0n) is 18.5. The van der Waals surface area contributed by atoms with Gasteiger partial charge in [0.15, 0.2) is 11.5 Å². The van der Waals surface area contributed by atoms with Crippen LogP contribution in [0.3, 0.4) is 0 Å². The minimum Gasteiger partial charge on any atom is -0.335 e. The van der Waals surface area contributed by atoms with Gasteiger partial charge in [0.05, 0.1) is 5.69 Å². The first-order valence-corrected chi connectivity index (χ1v) is 12.5. The lowest BCUT2D eigenvalue weighted by molar-refractivity contribution is -0.141. The molecule has 0 bridgehead atoms. The van der Waals surface area contributed by atoms with Crippen molar-refractivity contribution < 1.29 is 18.0 Å². The zero-order chi connectivity index (χ0) is 23.4. The lowest BCUT2D eigenvalue weighted by Gasteiger charge is -2.34.